The third-order valence-corrected chi connectivity index (χ3v) is 3.56. The van der Waals surface area contributed by atoms with Gasteiger partial charge in [-0.15, -0.1) is 0 Å². The molecule has 102 valence electrons. The van der Waals surface area contributed by atoms with Gasteiger partial charge in [0.05, 0.1) is 24.8 Å². The molecule has 19 heavy (non-hydrogen) atoms. The van der Waals surface area contributed by atoms with Crippen LogP contribution in [0.15, 0.2) is 18.2 Å². The van der Waals surface area contributed by atoms with Gasteiger partial charge in [-0.2, -0.15) is 5.26 Å². The molecule has 0 amide bonds. The summed E-state index contributed by atoms with van der Waals surface area (Å²) in [5.74, 6) is 0. The average molecular weight is 280 g/mol. The summed E-state index contributed by atoms with van der Waals surface area (Å²) in [7, 11) is 0. The van der Waals surface area contributed by atoms with Crippen molar-refractivity contribution in [2.45, 2.75) is 6.54 Å². The van der Waals surface area contributed by atoms with Crippen molar-refractivity contribution in [3.63, 3.8) is 0 Å². The van der Waals surface area contributed by atoms with E-state index in [-0.39, 0.29) is 0 Å². The van der Waals surface area contributed by atoms with Crippen LogP contribution in [0.2, 0.25) is 5.02 Å². The molecule has 0 radical (unpaired) electrons. The third kappa shape index (κ3) is 4.48. The number of benzene rings is 1. The molecule has 0 unspecified atom stereocenters. The Morgan fingerprint density at radius 2 is 2.16 bits per heavy atom. The molecule has 2 rings (SSSR count). The van der Waals surface area contributed by atoms with Crippen LogP contribution in [0.3, 0.4) is 0 Å². The molecule has 0 bridgehead atoms. The predicted molar refractivity (Wildman–Crippen MR) is 75.1 cm³/mol. The van der Waals surface area contributed by atoms with Crippen molar-refractivity contribution in [3.05, 3.63) is 34.3 Å². The Bertz CT molecular complexity index is 452. The average Bonchev–Trinajstić information content (AvgIpc) is 2.46. The maximum Gasteiger partial charge on any atom is 0.0992 e. The number of ether oxygens (including phenoxy) is 1. The van der Waals surface area contributed by atoms with Gasteiger partial charge < -0.3 is 10.1 Å². The van der Waals surface area contributed by atoms with Gasteiger partial charge in [-0.05, 0) is 17.7 Å². The fourth-order valence-corrected chi connectivity index (χ4v) is 2.29. The van der Waals surface area contributed by atoms with Crippen LogP contribution < -0.4 is 5.32 Å². The molecule has 1 aliphatic heterocycles. The fourth-order valence-electron chi connectivity index (χ4n) is 2.05. The molecule has 4 nitrogen and oxygen atoms in total. The highest BCUT2D eigenvalue weighted by Gasteiger charge is 2.09. The Kier molecular flexibility index (Phi) is 5.62. The number of hydrogen-bond donors (Lipinski definition) is 1. The van der Waals surface area contributed by atoms with Gasteiger partial charge >= 0.3 is 0 Å². The minimum Gasteiger partial charge on any atom is -0.379 e. The van der Waals surface area contributed by atoms with Gasteiger partial charge in [0.15, 0.2) is 0 Å². The zero-order valence-electron chi connectivity index (χ0n) is 10.9. The second-order valence-corrected chi connectivity index (χ2v) is 4.96. The van der Waals surface area contributed by atoms with Gasteiger partial charge in [-0.3, -0.25) is 4.90 Å². The highest BCUT2D eigenvalue weighted by molar-refractivity contribution is 6.31. The number of rotatable bonds is 5. The van der Waals surface area contributed by atoms with Crippen molar-refractivity contribution < 1.29 is 4.74 Å². The number of hydrogen-bond acceptors (Lipinski definition) is 4. The van der Waals surface area contributed by atoms with Crippen LogP contribution in [-0.2, 0) is 11.3 Å². The smallest absolute Gasteiger partial charge is 0.0992 e. The van der Waals surface area contributed by atoms with E-state index in [1.807, 2.05) is 6.07 Å². The van der Waals surface area contributed by atoms with Crippen molar-refractivity contribution in [3.8, 4) is 6.07 Å². The van der Waals surface area contributed by atoms with Crippen molar-refractivity contribution in [2.75, 3.05) is 39.4 Å². The van der Waals surface area contributed by atoms with E-state index in [4.69, 9.17) is 21.6 Å². The largest absolute Gasteiger partial charge is 0.379 e. The summed E-state index contributed by atoms with van der Waals surface area (Å²) < 4.78 is 5.31. The Morgan fingerprint density at radius 1 is 1.37 bits per heavy atom. The molecule has 1 aromatic carbocycles. The minimum absolute atomic E-state index is 0.599. The lowest BCUT2D eigenvalue weighted by atomic mass is 10.1. The molecular weight excluding hydrogens is 262 g/mol. The summed E-state index contributed by atoms with van der Waals surface area (Å²) in [6.07, 6.45) is 0. The van der Waals surface area contributed by atoms with Crippen LogP contribution in [0, 0.1) is 11.3 Å². The molecule has 0 saturated carbocycles. The third-order valence-electron chi connectivity index (χ3n) is 3.21. The predicted octanol–water partition coefficient (Wildman–Crippen LogP) is 1.63. The molecule has 1 fully saturated rings. The lowest BCUT2D eigenvalue weighted by Gasteiger charge is -2.26. The van der Waals surface area contributed by atoms with Crippen LogP contribution in [0.5, 0.6) is 0 Å². The van der Waals surface area contributed by atoms with E-state index >= 15 is 0 Å². The van der Waals surface area contributed by atoms with E-state index in [0.717, 1.165) is 51.5 Å². The van der Waals surface area contributed by atoms with Crippen LogP contribution in [0.25, 0.3) is 0 Å². The molecule has 0 aliphatic carbocycles. The molecule has 5 heteroatoms. The fraction of sp³-hybridized carbons (Fsp3) is 0.500. The SMILES string of the molecule is N#Cc1ccc(CNCCN2CCOCC2)c(Cl)c1. The van der Waals surface area contributed by atoms with Gasteiger partial charge in [-0.25, -0.2) is 0 Å². The normalized spacial score (nSPS) is 16.2. The molecule has 0 aromatic heterocycles. The lowest BCUT2D eigenvalue weighted by Crippen LogP contribution is -2.40. The van der Waals surface area contributed by atoms with E-state index < -0.39 is 0 Å². The maximum atomic E-state index is 8.77. The van der Waals surface area contributed by atoms with Crippen LogP contribution >= 0.6 is 11.6 Å². The van der Waals surface area contributed by atoms with Crippen LogP contribution in [0.1, 0.15) is 11.1 Å². The monoisotopic (exact) mass is 279 g/mol. The van der Waals surface area contributed by atoms with E-state index in [1.165, 1.54) is 0 Å². The number of halogens is 1. The van der Waals surface area contributed by atoms with Gasteiger partial charge in [0, 0.05) is 37.7 Å². The first-order valence-electron chi connectivity index (χ1n) is 6.49. The van der Waals surface area contributed by atoms with Crippen molar-refractivity contribution >= 4 is 11.6 Å². The first-order chi connectivity index (χ1) is 9.29. The number of nitrogens with zero attached hydrogens (tertiary/aromatic N) is 2. The molecule has 0 spiro atoms. The van der Waals surface area contributed by atoms with Gasteiger partial charge in [0.2, 0.25) is 0 Å². The van der Waals surface area contributed by atoms with Crippen molar-refractivity contribution in [1.29, 1.82) is 5.26 Å². The summed E-state index contributed by atoms with van der Waals surface area (Å²) in [6.45, 7) is 6.38. The zero-order valence-corrected chi connectivity index (χ0v) is 11.6. The Labute approximate surface area is 118 Å². The second kappa shape index (κ2) is 7.46. The molecule has 1 saturated heterocycles. The van der Waals surface area contributed by atoms with Gasteiger partial charge in [0.25, 0.3) is 0 Å². The van der Waals surface area contributed by atoms with E-state index in [9.17, 15) is 0 Å². The summed E-state index contributed by atoms with van der Waals surface area (Å²) in [5, 5.41) is 12.8. The van der Waals surface area contributed by atoms with Crippen LogP contribution in [-0.4, -0.2) is 44.3 Å². The Morgan fingerprint density at radius 3 is 2.84 bits per heavy atom. The minimum atomic E-state index is 0.599. The zero-order chi connectivity index (χ0) is 13.5. The Hall–Kier alpha value is -1.12. The van der Waals surface area contributed by atoms with E-state index in [1.54, 1.807) is 12.1 Å². The second-order valence-electron chi connectivity index (χ2n) is 4.55. The topological polar surface area (TPSA) is 48.3 Å². The number of nitrogens with one attached hydrogen (secondary N) is 1. The first-order valence-corrected chi connectivity index (χ1v) is 6.87. The lowest BCUT2D eigenvalue weighted by molar-refractivity contribution is 0.0384. The van der Waals surface area contributed by atoms with E-state index in [2.05, 4.69) is 16.3 Å². The molecular formula is C14H18ClN3O. The molecule has 1 heterocycles. The summed E-state index contributed by atoms with van der Waals surface area (Å²) >= 11 is 6.12. The molecule has 0 atom stereocenters. The first kappa shape index (κ1) is 14.3. The van der Waals surface area contributed by atoms with Gasteiger partial charge in [0.1, 0.15) is 0 Å². The summed E-state index contributed by atoms with van der Waals surface area (Å²) in [4.78, 5) is 2.39. The van der Waals surface area contributed by atoms with Crippen molar-refractivity contribution in [1.82, 2.24) is 10.2 Å². The van der Waals surface area contributed by atoms with E-state index in [0.29, 0.717) is 10.6 Å². The van der Waals surface area contributed by atoms with Crippen molar-refractivity contribution in [2.24, 2.45) is 0 Å². The molecule has 1 N–H and O–H groups in total. The Balaban J connectivity index is 1.72. The van der Waals surface area contributed by atoms with Crippen LogP contribution in [0.4, 0.5) is 0 Å². The number of morpholine rings is 1. The standard InChI is InChI=1S/C14H18ClN3O/c15-14-9-12(10-16)1-2-13(14)11-17-3-4-18-5-7-19-8-6-18/h1-2,9,17H,3-8,11H2. The molecule has 1 aromatic rings. The highest BCUT2D eigenvalue weighted by atomic mass is 35.5. The number of nitriles is 1. The summed E-state index contributed by atoms with van der Waals surface area (Å²) in [6, 6.07) is 7.49. The molecule has 1 aliphatic rings. The summed E-state index contributed by atoms with van der Waals surface area (Å²) in [5.41, 5.74) is 1.63. The highest BCUT2D eigenvalue weighted by Crippen LogP contribution is 2.17. The quantitative estimate of drug-likeness (QED) is 0.833. The maximum absolute atomic E-state index is 8.77. The van der Waals surface area contributed by atoms with Gasteiger partial charge in [-0.1, -0.05) is 17.7 Å².